The zero-order valence-corrected chi connectivity index (χ0v) is 15.1. The van der Waals surface area contributed by atoms with Crippen molar-refractivity contribution in [2.45, 2.75) is 13.5 Å². The Balaban J connectivity index is 2.27. The maximum atomic E-state index is 13.1. The molecule has 0 atom stereocenters. The number of nitrogens with zero attached hydrogens (tertiary/aromatic N) is 4. The molecule has 0 aliphatic carbocycles. The number of carbonyl (C=O) groups excluding carboxylic acids is 1. The van der Waals surface area contributed by atoms with E-state index in [2.05, 4.69) is 5.10 Å². The average Bonchev–Trinajstić information content (AvgIpc) is 2.77. The lowest BCUT2D eigenvalue weighted by Crippen LogP contribution is -2.37. The molecule has 0 bridgehead atoms. The molecule has 0 unspecified atom stereocenters. The molecule has 0 saturated heterocycles. The van der Waals surface area contributed by atoms with Gasteiger partial charge in [-0.3, -0.25) is 9.48 Å². The number of rotatable bonds is 6. The topological polar surface area (TPSA) is 41.4 Å². The second-order valence-corrected chi connectivity index (χ2v) is 6.41. The van der Waals surface area contributed by atoms with Crippen LogP contribution in [0.15, 0.2) is 24.3 Å². The summed E-state index contributed by atoms with van der Waals surface area (Å²) in [6, 6.07) is 6.15. The molecular weight excluding hydrogens is 331 g/mol. The second-order valence-electron chi connectivity index (χ2n) is 6.03. The number of aryl methyl sites for hydroxylation is 2. The number of hydrogen-bond acceptors (Lipinski definition) is 3. The molecule has 1 heterocycles. The van der Waals surface area contributed by atoms with Crippen LogP contribution in [0, 0.1) is 12.7 Å². The van der Waals surface area contributed by atoms with E-state index >= 15 is 0 Å². The molecule has 0 aliphatic rings. The molecule has 0 N–H and O–H groups in total. The number of hydrogen-bond donors (Lipinski definition) is 0. The first-order valence-electron chi connectivity index (χ1n) is 7.67. The third-order valence-electron chi connectivity index (χ3n) is 3.74. The molecule has 1 aromatic carbocycles. The van der Waals surface area contributed by atoms with E-state index in [4.69, 9.17) is 11.6 Å². The summed E-state index contributed by atoms with van der Waals surface area (Å²) in [5.41, 5.74) is 1.85. The first-order chi connectivity index (χ1) is 11.3. The van der Waals surface area contributed by atoms with Gasteiger partial charge in [0, 0.05) is 26.7 Å². The van der Waals surface area contributed by atoms with Crippen LogP contribution < -0.4 is 0 Å². The van der Waals surface area contributed by atoms with Crippen LogP contribution in [0.5, 0.6) is 0 Å². The van der Waals surface area contributed by atoms with Gasteiger partial charge in [-0.1, -0.05) is 23.7 Å². The highest BCUT2D eigenvalue weighted by molar-refractivity contribution is 6.34. The predicted octanol–water partition coefficient (Wildman–Crippen LogP) is 2.73. The highest BCUT2D eigenvalue weighted by atomic mass is 35.5. The van der Waals surface area contributed by atoms with E-state index in [0.29, 0.717) is 36.0 Å². The number of amides is 1. The highest BCUT2D eigenvalue weighted by Gasteiger charge is 2.24. The fraction of sp³-hybridized carbons (Fsp3) is 0.412. The van der Waals surface area contributed by atoms with E-state index in [9.17, 15) is 9.18 Å². The molecule has 1 aromatic heterocycles. The molecule has 130 valence electrons. The molecule has 0 fully saturated rings. The van der Waals surface area contributed by atoms with E-state index in [1.807, 2.05) is 19.0 Å². The standard InChI is InChI=1S/C17H22ClFN4O/c1-12-15(18)16(22(4)20-12)17(24)23(10-9-21(2)3)11-13-5-7-14(19)8-6-13/h5-8H,9-11H2,1-4H3. The van der Waals surface area contributed by atoms with Crippen molar-refractivity contribution in [1.29, 1.82) is 0 Å². The first kappa shape index (κ1) is 18.4. The Hall–Kier alpha value is -1.92. The fourth-order valence-electron chi connectivity index (χ4n) is 2.40. The molecule has 5 nitrogen and oxygen atoms in total. The maximum Gasteiger partial charge on any atom is 0.274 e. The van der Waals surface area contributed by atoms with E-state index < -0.39 is 0 Å². The van der Waals surface area contributed by atoms with Gasteiger partial charge in [0.15, 0.2) is 0 Å². The third kappa shape index (κ3) is 4.33. The van der Waals surface area contributed by atoms with Crippen LogP contribution in [-0.2, 0) is 13.6 Å². The SMILES string of the molecule is Cc1nn(C)c(C(=O)N(CCN(C)C)Cc2ccc(F)cc2)c1Cl. The minimum absolute atomic E-state index is 0.186. The van der Waals surface area contributed by atoms with Gasteiger partial charge < -0.3 is 9.80 Å². The summed E-state index contributed by atoms with van der Waals surface area (Å²) in [6.45, 7) is 3.39. The van der Waals surface area contributed by atoms with Crippen molar-refractivity contribution in [1.82, 2.24) is 19.6 Å². The predicted molar refractivity (Wildman–Crippen MR) is 92.6 cm³/mol. The van der Waals surface area contributed by atoms with Crippen LogP contribution in [0.2, 0.25) is 5.02 Å². The highest BCUT2D eigenvalue weighted by Crippen LogP contribution is 2.22. The second kappa shape index (κ2) is 7.77. The molecule has 0 aliphatic heterocycles. The number of likely N-dealkylation sites (N-methyl/N-ethyl adjacent to an activating group) is 1. The summed E-state index contributed by atoms with van der Waals surface area (Å²) in [5, 5.41) is 4.58. The minimum Gasteiger partial charge on any atom is -0.332 e. The first-order valence-corrected chi connectivity index (χ1v) is 8.05. The van der Waals surface area contributed by atoms with Gasteiger partial charge in [-0.15, -0.1) is 0 Å². The maximum absolute atomic E-state index is 13.1. The monoisotopic (exact) mass is 352 g/mol. The van der Waals surface area contributed by atoms with Gasteiger partial charge >= 0.3 is 0 Å². The van der Waals surface area contributed by atoms with Crippen LogP contribution in [0.1, 0.15) is 21.7 Å². The van der Waals surface area contributed by atoms with Crippen LogP contribution >= 0.6 is 11.6 Å². The van der Waals surface area contributed by atoms with Crippen molar-refractivity contribution >= 4 is 17.5 Å². The Morgan fingerprint density at radius 1 is 1.25 bits per heavy atom. The number of carbonyl (C=O) groups is 1. The molecule has 0 radical (unpaired) electrons. The van der Waals surface area contributed by atoms with Crippen molar-refractivity contribution in [3.05, 3.63) is 52.1 Å². The van der Waals surface area contributed by atoms with Crippen molar-refractivity contribution in [3.63, 3.8) is 0 Å². The van der Waals surface area contributed by atoms with Crippen LogP contribution in [0.3, 0.4) is 0 Å². The van der Waals surface area contributed by atoms with E-state index in [1.54, 1.807) is 31.0 Å². The summed E-state index contributed by atoms with van der Waals surface area (Å²) in [6.07, 6.45) is 0. The smallest absolute Gasteiger partial charge is 0.274 e. The van der Waals surface area contributed by atoms with Crippen molar-refractivity contribution in [2.75, 3.05) is 27.2 Å². The molecule has 2 rings (SSSR count). The lowest BCUT2D eigenvalue weighted by molar-refractivity contribution is 0.0721. The summed E-state index contributed by atoms with van der Waals surface area (Å²) in [4.78, 5) is 16.7. The molecule has 7 heteroatoms. The molecule has 1 amide bonds. The zero-order chi connectivity index (χ0) is 17.9. The molecule has 24 heavy (non-hydrogen) atoms. The van der Waals surface area contributed by atoms with Crippen LogP contribution in [0.25, 0.3) is 0 Å². The van der Waals surface area contributed by atoms with Gasteiger partial charge in [0.1, 0.15) is 11.5 Å². The minimum atomic E-state index is -0.296. The summed E-state index contributed by atoms with van der Waals surface area (Å²) >= 11 is 6.25. The Kier molecular flexibility index (Phi) is 5.96. The van der Waals surface area contributed by atoms with E-state index in [1.165, 1.54) is 16.8 Å². The normalized spacial score (nSPS) is 11.1. The van der Waals surface area contributed by atoms with Gasteiger partial charge in [-0.25, -0.2) is 4.39 Å². The van der Waals surface area contributed by atoms with Gasteiger partial charge in [-0.05, 0) is 38.7 Å². The van der Waals surface area contributed by atoms with Gasteiger partial charge in [-0.2, -0.15) is 5.10 Å². The van der Waals surface area contributed by atoms with E-state index in [0.717, 1.165) is 5.56 Å². The lowest BCUT2D eigenvalue weighted by atomic mass is 10.2. The summed E-state index contributed by atoms with van der Waals surface area (Å²) in [5.74, 6) is -0.482. The molecule has 2 aromatic rings. The van der Waals surface area contributed by atoms with Crippen molar-refractivity contribution in [2.24, 2.45) is 7.05 Å². The van der Waals surface area contributed by atoms with Crippen LogP contribution in [-0.4, -0.2) is 52.7 Å². The molecule has 0 spiro atoms. The lowest BCUT2D eigenvalue weighted by Gasteiger charge is -2.24. The Morgan fingerprint density at radius 2 is 1.88 bits per heavy atom. The summed E-state index contributed by atoms with van der Waals surface area (Å²) < 4.78 is 14.6. The largest absolute Gasteiger partial charge is 0.332 e. The van der Waals surface area contributed by atoms with E-state index in [-0.39, 0.29) is 11.7 Å². The number of aromatic nitrogens is 2. The Bertz CT molecular complexity index is 712. The van der Waals surface area contributed by atoms with Crippen molar-refractivity contribution in [3.8, 4) is 0 Å². The van der Waals surface area contributed by atoms with Crippen molar-refractivity contribution < 1.29 is 9.18 Å². The van der Waals surface area contributed by atoms with Gasteiger partial charge in [0.25, 0.3) is 5.91 Å². The Labute approximate surface area is 146 Å². The summed E-state index contributed by atoms with van der Waals surface area (Å²) in [7, 11) is 5.59. The van der Waals surface area contributed by atoms with Gasteiger partial charge in [0.2, 0.25) is 0 Å². The van der Waals surface area contributed by atoms with Gasteiger partial charge in [0.05, 0.1) is 10.7 Å². The molecular formula is C17H22ClFN4O. The number of halogens is 2. The fourth-order valence-corrected chi connectivity index (χ4v) is 2.64. The quantitative estimate of drug-likeness (QED) is 0.802. The average molecular weight is 353 g/mol. The zero-order valence-electron chi connectivity index (χ0n) is 14.4. The third-order valence-corrected chi connectivity index (χ3v) is 4.20. The number of benzene rings is 1. The molecule has 0 saturated carbocycles. The van der Waals surface area contributed by atoms with Crippen LogP contribution in [0.4, 0.5) is 4.39 Å². The Morgan fingerprint density at radius 3 is 2.38 bits per heavy atom.